The lowest BCUT2D eigenvalue weighted by Gasteiger charge is -2.32. The van der Waals surface area contributed by atoms with Crippen LogP contribution in [-0.2, 0) is 20.9 Å². The number of para-hydroxylation sites is 1. The maximum Gasteiger partial charge on any atom is 0.340 e. The second-order valence-electron chi connectivity index (χ2n) is 7.56. The van der Waals surface area contributed by atoms with Gasteiger partial charge in [0, 0.05) is 0 Å². The van der Waals surface area contributed by atoms with Gasteiger partial charge in [-0.05, 0) is 37.0 Å². The van der Waals surface area contributed by atoms with Gasteiger partial charge in [0.25, 0.3) is 0 Å². The van der Waals surface area contributed by atoms with Crippen LogP contribution in [0, 0.1) is 5.92 Å². The van der Waals surface area contributed by atoms with E-state index in [4.69, 9.17) is 10.5 Å². The molecule has 7 nitrogen and oxygen atoms in total. The molecule has 160 valence electrons. The van der Waals surface area contributed by atoms with Crippen molar-refractivity contribution in [1.82, 2.24) is 0 Å². The predicted molar refractivity (Wildman–Crippen MR) is 114 cm³/mol. The van der Waals surface area contributed by atoms with Crippen molar-refractivity contribution in [1.29, 1.82) is 0 Å². The Morgan fingerprint density at radius 1 is 1.00 bits per heavy atom. The number of benzene rings is 2. The summed E-state index contributed by atoms with van der Waals surface area (Å²) in [7, 11) is 0. The molecule has 0 aromatic heterocycles. The standard InChI is InChI=1S/C23H28N2O5/c1-15(2)13-20(22(27)28)25(21(26)16(3)24)19-12-8-7-11-18(19)23(29)30-14-17-9-5-4-6-10-17/h4-12,15-16,20H,13-14,24H2,1-3H3,(H,27,28). The van der Waals surface area contributed by atoms with E-state index in [1.165, 1.54) is 19.1 Å². The highest BCUT2D eigenvalue weighted by Crippen LogP contribution is 2.27. The minimum Gasteiger partial charge on any atom is -0.480 e. The summed E-state index contributed by atoms with van der Waals surface area (Å²) in [6, 6.07) is 13.4. The van der Waals surface area contributed by atoms with E-state index < -0.39 is 29.9 Å². The van der Waals surface area contributed by atoms with Crippen LogP contribution in [0.25, 0.3) is 0 Å². The molecule has 2 aromatic rings. The van der Waals surface area contributed by atoms with Crippen molar-refractivity contribution in [3.8, 4) is 0 Å². The topological polar surface area (TPSA) is 110 Å². The molecule has 0 spiro atoms. The zero-order chi connectivity index (χ0) is 22.3. The maximum atomic E-state index is 12.9. The molecule has 0 heterocycles. The van der Waals surface area contributed by atoms with Crippen molar-refractivity contribution in [2.75, 3.05) is 4.90 Å². The fourth-order valence-corrected chi connectivity index (χ4v) is 3.08. The molecule has 2 unspecified atom stereocenters. The second kappa shape index (κ2) is 10.5. The van der Waals surface area contributed by atoms with E-state index in [0.717, 1.165) is 10.5 Å². The number of ether oxygens (including phenoxy) is 1. The van der Waals surface area contributed by atoms with Crippen molar-refractivity contribution in [2.24, 2.45) is 11.7 Å². The van der Waals surface area contributed by atoms with Crippen LogP contribution in [0.15, 0.2) is 54.6 Å². The Morgan fingerprint density at radius 2 is 1.60 bits per heavy atom. The molecule has 0 fully saturated rings. The lowest BCUT2D eigenvalue weighted by molar-refractivity contribution is -0.140. The van der Waals surface area contributed by atoms with Crippen LogP contribution in [0.4, 0.5) is 5.69 Å². The van der Waals surface area contributed by atoms with E-state index in [1.54, 1.807) is 12.1 Å². The quantitative estimate of drug-likeness (QED) is 0.612. The zero-order valence-corrected chi connectivity index (χ0v) is 17.4. The largest absolute Gasteiger partial charge is 0.480 e. The summed E-state index contributed by atoms with van der Waals surface area (Å²) in [5.41, 5.74) is 6.90. The zero-order valence-electron chi connectivity index (χ0n) is 17.4. The van der Waals surface area contributed by atoms with Crippen LogP contribution in [0.2, 0.25) is 0 Å². The summed E-state index contributed by atoms with van der Waals surface area (Å²) in [5, 5.41) is 9.82. The molecular formula is C23H28N2O5. The van der Waals surface area contributed by atoms with E-state index in [1.807, 2.05) is 44.2 Å². The molecule has 1 amide bonds. The molecule has 2 aromatic carbocycles. The van der Waals surface area contributed by atoms with Gasteiger partial charge in [-0.25, -0.2) is 9.59 Å². The number of hydrogen-bond donors (Lipinski definition) is 2. The van der Waals surface area contributed by atoms with Crippen LogP contribution < -0.4 is 10.6 Å². The van der Waals surface area contributed by atoms with Crippen molar-refractivity contribution < 1.29 is 24.2 Å². The molecule has 2 atom stereocenters. The van der Waals surface area contributed by atoms with Gasteiger partial charge in [-0.3, -0.25) is 9.69 Å². The van der Waals surface area contributed by atoms with E-state index in [9.17, 15) is 19.5 Å². The van der Waals surface area contributed by atoms with E-state index >= 15 is 0 Å². The van der Waals surface area contributed by atoms with Crippen LogP contribution in [-0.4, -0.2) is 35.0 Å². The van der Waals surface area contributed by atoms with Gasteiger partial charge in [-0.1, -0.05) is 56.3 Å². The highest BCUT2D eigenvalue weighted by atomic mass is 16.5. The molecule has 0 radical (unpaired) electrons. The van der Waals surface area contributed by atoms with Crippen LogP contribution in [0.3, 0.4) is 0 Å². The molecule has 2 rings (SSSR count). The Labute approximate surface area is 176 Å². The number of nitrogens with zero attached hydrogens (tertiary/aromatic N) is 1. The fourth-order valence-electron chi connectivity index (χ4n) is 3.08. The van der Waals surface area contributed by atoms with Gasteiger partial charge < -0.3 is 15.6 Å². The van der Waals surface area contributed by atoms with E-state index in [-0.39, 0.29) is 30.2 Å². The first-order valence-electron chi connectivity index (χ1n) is 9.84. The van der Waals surface area contributed by atoms with Gasteiger partial charge in [0.05, 0.1) is 17.3 Å². The molecule has 0 aliphatic rings. The average Bonchev–Trinajstić information content (AvgIpc) is 2.72. The van der Waals surface area contributed by atoms with E-state index in [0.29, 0.717) is 0 Å². The van der Waals surface area contributed by atoms with Gasteiger partial charge in [0.1, 0.15) is 12.6 Å². The number of carbonyl (C=O) groups is 3. The Balaban J connectivity index is 2.42. The third kappa shape index (κ3) is 5.90. The molecular weight excluding hydrogens is 384 g/mol. The number of rotatable bonds is 9. The Bertz CT molecular complexity index is 880. The Kier molecular flexibility index (Phi) is 8.12. The van der Waals surface area contributed by atoms with Crippen molar-refractivity contribution >= 4 is 23.5 Å². The van der Waals surface area contributed by atoms with Gasteiger partial charge in [-0.2, -0.15) is 0 Å². The molecule has 0 aliphatic heterocycles. The average molecular weight is 412 g/mol. The summed E-state index contributed by atoms with van der Waals surface area (Å²) in [5.74, 6) is -2.38. The smallest absolute Gasteiger partial charge is 0.340 e. The van der Waals surface area contributed by atoms with Crippen molar-refractivity contribution in [3.05, 3.63) is 65.7 Å². The highest BCUT2D eigenvalue weighted by Gasteiger charge is 2.35. The summed E-state index contributed by atoms with van der Waals surface area (Å²) in [4.78, 5) is 38.9. The number of anilines is 1. The summed E-state index contributed by atoms with van der Waals surface area (Å²) in [6.45, 7) is 5.28. The number of esters is 1. The number of carboxylic acid groups (broad SMARTS) is 1. The monoisotopic (exact) mass is 412 g/mol. The number of amides is 1. The Hall–Kier alpha value is -3.19. The third-order valence-electron chi connectivity index (χ3n) is 4.51. The normalized spacial score (nSPS) is 12.8. The van der Waals surface area contributed by atoms with Crippen molar-refractivity contribution in [2.45, 2.75) is 45.9 Å². The number of carboxylic acids is 1. The highest BCUT2D eigenvalue weighted by molar-refractivity contribution is 6.07. The van der Waals surface area contributed by atoms with Crippen LogP contribution in [0.5, 0.6) is 0 Å². The Morgan fingerprint density at radius 3 is 2.17 bits per heavy atom. The number of nitrogens with two attached hydrogens (primary N) is 1. The van der Waals surface area contributed by atoms with Gasteiger partial charge in [-0.15, -0.1) is 0 Å². The first-order chi connectivity index (χ1) is 14.2. The van der Waals surface area contributed by atoms with Crippen LogP contribution in [0.1, 0.15) is 43.1 Å². The SMILES string of the molecule is CC(C)CC(C(=O)O)N(C(=O)C(C)N)c1ccccc1C(=O)OCc1ccccc1. The number of hydrogen-bond acceptors (Lipinski definition) is 5. The minimum atomic E-state index is -1.16. The lowest BCUT2D eigenvalue weighted by atomic mass is 9.99. The first kappa shape index (κ1) is 23.1. The maximum absolute atomic E-state index is 12.9. The molecule has 0 saturated heterocycles. The molecule has 7 heteroatoms. The molecule has 3 N–H and O–H groups in total. The molecule has 0 bridgehead atoms. The number of carbonyl (C=O) groups excluding carboxylic acids is 2. The van der Waals surface area contributed by atoms with Crippen LogP contribution >= 0.6 is 0 Å². The summed E-state index contributed by atoms with van der Waals surface area (Å²) < 4.78 is 5.41. The number of aliphatic carboxylic acids is 1. The van der Waals surface area contributed by atoms with Gasteiger partial charge in [0.2, 0.25) is 5.91 Å². The minimum absolute atomic E-state index is 0.00618. The fraction of sp³-hybridized carbons (Fsp3) is 0.348. The van der Waals surface area contributed by atoms with E-state index in [2.05, 4.69) is 0 Å². The summed E-state index contributed by atoms with van der Waals surface area (Å²) in [6.07, 6.45) is 0.210. The molecule has 0 saturated carbocycles. The molecule has 30 heavy (non-hydrogen) atoms. The third-order valence-corrected chi connectivity index (χ3v) is 4.51. The second-order valence-corrected chi connectivity index (χ2v) is 7.56. The van der Waals surface area contributed by atoms with Crippen molar-refractivity contribution in [3.63, 3.8) is 0 Å². The lowest BCUT2D eigenvalue weighted by Crippen LogP contribution is -2.52. The van der Waals surface area contributed by atoms with Gasteiger partial charge >= 0.3 is 11.9 Å². The summed E-state index contributed by atoms with van der Waals surface area (Å²) >= 11 is 0. The van der Waals surface area contributed by atoms with Gasteiger partial charge in [0.15, 0.2) is 0 Å². The molecule has 0 aliphatic carbocycles. The first-order valence-corrected chi connectivity index (χ1v) is 9.84. The predicted octanol–water partition coefficient (Wildman–Crippen LogP) is 3.22.